The normalized spacial score (nSPS) is 17.1. The molecule has 130 valence electrons. The number of furan rings is 1. The highest BCUT2D eigenvalue weighted by Gasteiger charge is 2.19. The number of fused-ring (bicyclic) bond motifs is 1. The van der Waals surface area contributed by atoms with E-state index in [9.17, 15) is 4.79 Å². The first-order valence-electron chi connectivity index (χ1n) is 8.74. The van der Waals surface area contributed by atoms with Crippen molar-refractivity contribution in [2.45, 2.75) is 33.1 Å². The molecule has 1 N–H and O–H groups in total. The van der Waals surface area contributed by atoms with Gasteiger partial charge < -0.3 is 14.6 Å². The molecule has 0 saturated carbocycles. The van der Waals surface area contributed by atoms with Gasteiger partial charge >= 0.3 is 0 Å². The highest BCUT2D eigenvalue weighted by Crippen LogP contribution is 2.28. The molecule has 3 rings (SSSR count). The van der Waals surface area contributed by atoms with Crippen LogP contribution in [0.3, 0.4) is 0 Å². The van der Waals surface area contributed by atoms with Gasteiger partial charge in [0, 0.05) is 28.5 Å². The number of likely N-dealkylation sites (tertiary alicyclic amines) is 1. The fourth-order valence-corrected chi connectivity index (χ4v) is 3.77. The highest BCUT2D eigenvalue weighted by molar-refractivity contribution is 9.10. The largest absolute Gasteiger partial charge is 0.451 e. The minimum absolute atomic E-state index is 0.120. The Labute approximate surface area is 151 Å². The SMILES string of the molecule is Cc1c(C(=O)NCC(C)CN2CCCCC2)oc2ccc(Br)cc12. The number of nitrogens with one attached hydrogen (secondary N) is 1. The molecule has 0 aliphatic carbocycles. The van der Waals surface area contributed by atoms with Crippen molar-refractivity contribution in [1.29, 1.82) is 0 Å². The van der Waals surface area contributed by atoms with Crippen LogP contribution in [-0.2, 0) is 0 Å². The van der Waals surface area contributed by atoms with E-state index < -0.39 is 0 Å². The lowest BCUT2D eigenvalue weighted by Gasteiger charge is -2.29. The number of hydrogen-bond acceptors (Lipinski definition) is 3. The number of benzene rings is 1. The smallest absolute Gasteiger partial charge is 0.287 e. The van der Waals surface area contributed by atoms with Crippen molar-refractivity contribution in [2.24, 2.45) is 5.92 Å². The third kappa shape index (κ3) is 4.01. The molecule has 5 heteroatoms. The van der Waals surface area contributed by atoms with Gasteiger partial charge in [0.05, 0.1) is 0 Å². The van der Waals surface area contributed by atoms with Gasteiger partial charge in [-0.3, -0.25) is 4.79 Å². The third-order valence-electron chi connectivity index (χ3n) is 4.73. The molecule has 24 heavy (non-hydrogen) atoms. The molecular weight excluding hydrogens is 368 g/mol. The summed E-state index contributed by atoms with van der Waals surface area (Å²) in [5.74, 6) is 0.740. The van der Waals surface area contributed by atoms with Crippen molar-refractivity contribution in [3.63, 3.8) is 0 Å². The van der Waals surface area contributed by atoms with Crippen LogP contribution in [0.1, 0.15) is 42.3 Å². The van der Waals surface area contributed by atoms with Crippen molar-refractivity contribution < 1.29 is 9.21 Å². The Balaban J connectivity index is 1.59. The zero-order valence-electron chi connectivity index (χ0n) is 14.4. The molecule has 4 nitrogen and oxygen atoms in total. The van der Waals surface area contributed by atoms with Crippen molar-refractivity contribution in [3.05, 3.63) is 34.0 Å². The van der Waals surface area contributed by atoms with Crippen LogP contribution >= 0.6 is 15.9 Å². The van der Waals surface area contributed by atoms with E-state index >= 15 is 0 Å². The average Bonchev–Trinajstić information content (AvgIpc) is 2.90. The maximum Gasteiger partial charge on any atom is 0.287 e. The van der Waals surface area contributed by atoms with Gasteiger partial charge in [0.15, 0.2) is 5.76 Å². The van der Waals surface area contributed by atoms with Crippen LogP contribution in [0.2, 0.25) is 0 Å². The van der Waals surface area contributed by atoms with Crippen LogP contribution < -0.4 is 5.32 Å². The quantitative estimate of drug-likeness (QED) is 0.821. The molecule has 1 aliphatic rings. The van der Waals surface area contributed by atoms with Crippen molar-refractivity contribution >= 4 is 32.8 Å². The summed E-state index contributed by atoms with van der Waals surface area (Å²) >= 11 is 3.46. The Hall–Kier alpha value is -1.33. The lowest BCUT2D eigenvalue weighted by Crippen LogP contribution is -2.38. The molecule has 1 saturated heterocycles. The second-order valence-corrected chi connectivity index (χ2v) is 7.79. The number of rotatable bonds is 5. The first-order valence-corrected chi connectivity index (χ1v) is 9.53. The second kappa shape index (κ2) is 7.70. The summed E-state index contributed by atoms with van der Waals surface area (Å²) in [6.45, 7) is 8.23. The Bertz CT molecular complexity index is 719. The van der Waals surface area contributed by atoms with Crippen LogP contribution in [0.25, 0.3) is 11.0 Å². The zero-order chi connectivity index (χ0) is 17.1. The van der Waals surface area contributed by atoms with Gasteiger partial charge in [-0.2, -0.15) is 0 Å². The number of halogens is 1. The number of hydrogen-bond donors (Lipinski definition) is 1. The van der Waals surface area contributed by atoms with Crippen LogP contribution in [-0.4, -0.2) is 37.0 Å². The van der Waals surface area contributed by atoms with Crippen LogP contribution in [0.15, 0.2) is 27.1 Å². The fourth-order valence-electron chi connectivity index (χ4n) is 3.40. The van der Waals surface area contributed by atoms with E-state index in [1.807, 2.05) is 25.1 Å². The summed E-state index contributed by atoms with van der Waals surface area (Å²) in [4.78, 5) is 15.0. The predicted molar refractivity (Wildman–Crippen MR) is 100 cm³/mol. The standard InChI is InChI=1S/C19H25BrN2O2/c1-13(12-22-8-4-3-5-9-22)11-21-19(23)18-14(2)16-10-15(20)6-7-17(16)24-18/h6-7,10,13H,3-5,8-9,11-12H2,1-2H3,(H,21,23). The zero-order valence-corrected chi connectivity index (χ0v) is 16.0. The van der Waals surface area contributed by atoms with Gasteiger partial charge in [-0.25, -0.2) is 0 Å². The molecule has 0 bridgehead atoms. The van der Waals surface area contributed by atoms with Gasteiger partial charge in [0.2, 0.25) is 0 Å². The summed E-state index contributed by atoms with van der Waals surface area (Å²) in [5.41, 5.74) is 1.65. The van der Waals surface area contributed by atoms with Gasteiger partial charge in [0.25, 0.3) is 5.91 Å². The number of amides is 1. The molecule has 1 atom stereocenters. The summed E-state index contributed by atoms with van der Waals surface area (Å²) < 4.78 is 6.74. The monoisotopic (exact) mass is 392 g/mol. The number of carbonyl (C=O) groups is 1. The molecule has 0 spiro atoms. The summed E-state index contributed by atoms with van der Waals surface area (Å²) in [7, 11) is 0. The highest BCUT2D eigenvalue weighted by atomic mass is 79.9. The molecule has 0 radical (unpaired) electrons. The van der Waals surface area contributed by atoms with Crippen LogP contribution in [0, 0.1) is 12.8 Å². The first kappa shape index (κ1) is 17.5. The van der Waals surface area contributed by atoms with E-state index in [0.717, 1.165) is 27.6 Å². The Morgan fingerprint density at radius 1 is 1.33 bits per heavy atom. The minimum Gasteiger partial charge on any atom is -0.451 e. The molecule has 2 aromatic rings. The molecular formula is C19H25BrN2O2. The molecule has 1 aromatic heterocycles. The molecule has 2 heterocycles. The first-order chi connectivity index (χ1) is 11.5. The van der Waals surface area contributed by atoms with Crippen molar-refractivity contribution in [2.75, 3.05) is 26.2 Å². The van der Waals surface area contributed by atoms with E-state index in [2.05, 4.69) is 33.1 Å². The molecule has 1 unspecified atom stereocenters. The van der Waals surface area contributed by atoms with Crippen molar-refractivity contribution in [1.82, 2.24) is 10.2 Å². The lowest BCUT2D eigenvalue weighted by atomic mass is 10.1. The Morgan fingerprint density at radius 2 is 2.08 bits per heavy atom. The lowest BCUT2D eigenvalue weighted by molar-refractivity contribution is 0.0916. The maximum atomic E-state index is 12.5. The van der Waals surface area contributed by atoms with E-state index in [1.54, 1.807) is 0 Å². The molecule has 1 aromatic carbocycles. The van der Waals surface area contributed by atoms with Gasteiger partial charge in [0.1, 0.15) is 5.58 Å². The van der Waals surface area contributed by atoms with Gasteiger partial charge in [-0.15, -0.1) is 0 Å². The summed E-state index contributed by atoms with van der Waals surface area (Å²) in [6, 6.07) is 5.81. The molecule has 1 aliphatic heterocycles. The van der Waals surface area contributed by atoms with Crippen molar-refractivity contribution in [3.8, 4) is 0 Å². The van der Waals surface area contributed by atoms with E-state index in [0.29, 0.717) is 18.2 Å². The number of piperidine rings is 1. The number of carbonyl (C=O) groups excluding carboxylic acids is 1. The van der Waals surface area contributed by atoms with Gasteiger partial charge in [-0.05, 0) is 57.0 Å². The summed E-state index contributed by atoms with van der Waals surface area (Å²) in [5, 5.41) is 4.02. The third-order valence-corrected chi connectivity index (χ3v) is 5.23. The topological polar surface area (TPSA) is 45.5 Å². The molecule has 1 fully saturated rings. The minimum atomic E-state index is -0.120. The number of aryl methyl sites for hydroxylation is 1. The molecule has 1 amide bonds. The van der Waals surface area contributed by atoms with Crippen LogP contribution in [0.4, 0.5) is 0 Å². The van der Waals surface area contributed by atoms with E-state index in [4.69, 9.17) is 4.42 Å². The Kier molecular flexibility index (Phi) is 5.61. The maximum absolute atomic E-state index is 12.5. The average molecular weight is 393 g/mol. The van der Waals surface area contributed by atoms with Crippen LogP contribution in [0.5, 0.6) is 0 Å². The predicted octanol–water partition coefficient (Wildman–Crippen LogP) is 4.36. The second-order valence-electron chi connectivity index (χ2n) is 6.87. The van der Waals surface area contributed by atoms with E-state index in [1.165, 1.54) is 32.4 Å². The fraction of sp³-hybridized carbons (Fsp3) is 0.526. The summed E-state index contributed by atoms with van der Waals surface area (Å²) in [6.07, 6.45) is 3.95. The van der Waals surface area contributed by atoms with Gasteiger partial charge in [-0.1, -0.05) is 29.3 Å². The Morgan fingerprint density at radius 3 is 2.83 bits per heavy atom. The number of nitrogens with zero attached hydrogens (tertiary/aromatic N) is 1. The van der Waals surface area contributed by atoms with E-state index in [-0.39, 0.29) is 5.91 Å².